The van der Waals surface area contributed by atoms with Gasteiger partial charge in [-0.1, -0.05) is 6.92 Å². The molecule has 0 radical (unpaired) electrons. The molecule has 1 atom stereocenters. The first-order chi connectivity index (χ1) is 13.4. The quantitative estimate of drug-likeness (QED) is 0.215. The largest absolute Gasteiger partial charge is 0.490 e. The highest BCUT2D eigenvalue weighted by Crippen LogP contribution is 2.38. The molecule has 0 heterocycles. The van der Waals surface area contributed by atoms with E-state index in [4.69, 9.17) is 9.47 Å². The van der Waals surface area contributed by atoms with Crippen molar-refractivity contribution in [3.8, 4) is 17.6 Å². The summed E-state index contributed by atoms with van der Waals surface area (Å²) in [7, 11) is 0. The van der Waals surface area contributed by atoms with Crippen molar-refractivity contribution in [1.82, 2.24) is 0 Å². The predicted octanol–water partition coefficient (Wildman–Crippen LogP) is 6.00. The van der Waals surface area contributed by atoms with Crippen LogP contribution in [0, 0.1) is 21.4 Å². The van der Waals surface area contributed by atoms with E-state index < -0.39 is 4.92 Å². The smallest absolute Gasteiger partial charge is 0.269 e. The van der Waals surface area contributed by atoms with Crippen molar-refractivity contribution in [3.63, 3.8) is 0 Å². The van der Waals surface area contributed by atoms with Crippen LogP contribution in [0.25, 0.3) is 11.6 Å². The Kier molecular flexibility index (Phi) is 7.59. The van der Waals surface area contributed by atoms with Crippen LogP contribution in [-0.2, 0) is 0 Å². The summed E-state index contributed by atoms with van der Waals surface area (Å²) in [6.45, 7) is 6.39. The molecule has 0 N–H and O–H groups in total. The number of nitro benzene ring substituents is 1. The Balaban J connectivity index is 2.44. The van der Waals surface area contributed by atoms with Crippen LogP contribution >= 0.6 is 15.9 Å². The van der Waals surface area contributed by atoms with Gasteiger partial charge in [-0.05, 0) is 77.7 Å². The highest BCUT2D eigenvalue weighted by Gasteiger charge is 2.15. The Morgan fingerprint density at radius 2 is 2.00 bits per heavy atom. The van der Waals surface area contributed by atoms with Gasteiger partial charge in [-0.25, -0.2) is 0 Å². The normalized spacial score (nSPS) is 12.2. The highest BCUT2D eigenvalue weighted by molar-refractivity contribution is 9.10. The number of benzene rings is 2. The number of nitrogens with zero attached hydrogens (tertiary/aromatic N) is 2. The molecule has 2 aromatic carbocycles. The van der Waals surface area contributed by atoms with Gasteiger partial charge in [0.2, 0.25) is 0 Å². The third-order valence-corrected chi connectivity index (χ3v) is 4.64. The molecule has 28 heavy (non-hydrogen) atoms. The Morgan fingerprint density at radius 1 is 1.32 bits per heavy atom. The van der Waals surface area contributed by atoms with Crippen LogP contribution in [0.2, 0.25) is 0 Å². The number of ether oxygens (including phenoxy) is 2. The maximum Gasteiger partial charge on any atom is 0.269 e. The van der Waals surface area contributed by atoms with E-state index in [9.17, 15) is 15.4 Å². The predicted molar refractivity (Wildman–Crippen MR) is 112 cm³/mol. The summed E-state index contributed by atoms with van der Waals surface area (Å²) in [5, 5.41) is 20.4. The molecule has 0 aromatic heterocycles. The lowest BCUT2D eigenvalue weighted by atomic mass is 10.0. The number of non-ortho nitro benzene ring substituents is 1. The molecule has 0 saturated heterocycles. The van der Waals surface area contributed by atoms with E-state index in [0.29, 0.717) is 29.2 Å². The standard InChI is InChI=1S/C21H21BrN2O4/c1-4-14(3)28-21-19(22)11-15(12-20(21)27-5-2)10-17(13-23)16-6-8-18(9-7-16)24(25)26/h6-12,14H,4-5H2,1-3H3/b17-10-/t14-/m1/s1. The molecule has 7 heteroatoms. The zero-order valence-corrected chi connectivity index (χ0v) is 17.5. The minimum atomic E-state index is -0.471. The van der Waals surface area contributed by atoms with Gasteiger partial charge in [0.25, 0.3) is 5.69 Å². The summed E-state index contributed by atoms with van der Waals surface area (Å²) >= 11 is 3.53. The first-order valence-corrected chi connectivity index (χ1v) is 9.68. The molecule has 2 aromatic rings. The lowest BCUT2D eigenvalue weighted by Crippen LogP contribution is -2.11. The van der Waals surface area contributed by atoms with Gasteiger partial charge in [0, 0.05) is 12.1 Å². The first kappa shape index (κ1) is 21.5. The van der Waals surface area contributed by atoms with E-state index in [1.165, 1.54) is 12.1 Å². The molecule has 0 aliphatic carbocycles. The third-order valence-electron chi connectivity index (χ3n) is 4.05. The molecular formula is C21H21BrN2O4. The average Bonchev–Trinajstić information content (AvgIpc) is 2.68. The molecular weight excluding hydrogens is 424 g/mol. The lowest BCUT2D eigenvalue weighted by molar-refractivity contribution is -0.384. The van der Waals surface area contributed by atoms with Gasteiger partial charge in [-0.15, -0.1) is 0 Å². The fraction of sp³-hybridized carbons (Fsp3) is 0.286. The van der Waals surface area contributed by atoms with Crippen LogP contribution in [0.4, 0.5) is 5.69 Å². The molecule has 146 valence electrons. The summed E-state index contributed by atoms with van der Waals surface area (Å²) in [6, 6.07) is 11.7. The first-order valence-electron chi connectivity index (χ1n) is 8.89. The average molecular weight is 445 g/mol. The van der Waals surface area contributed by atoms with Crippen molar-refractivity contribution >= 4 is 33.3 Å². The van der Waals surface area contributed by atoms with Crippen LogP contribution in [0.15, 0.2) is 40.9 Å². The molecule has 0 spiro atoms. The molecule has 0 amide bonds. The molecule has 0 aliphatic heterocycles. The van der Waals surface area contributed by atoms with Gasteiger partial charge in [0.15, 0.2) is 11.5 Å². The maximum atomic E-state index is 10.8. The second-order valence-electron chi connectivity index (χ2n) is 6.07. The Morgan fingerprint density at radius 3 is 2.54 bits per heavy atom. The van der Waals surface area contributed by atoms with Gasteiger partial charge >= 0.3 is 0 Å². The van der Waals surface area contributed by atoms with Crippen LogP contribution in [0.1, 0.15) is 38.3 Å². The van der Waals surface area contributed by atoms with E-state index in [2.05, 4.69) is 22.0 Å². The summed E-state index contributed by atoms with van der Waals surface area (Å²) in [5.41, 5.74) is 1.72. The fourth-order valence-electron chi connectivity index (χ4n) is 2.44. The minimum absolute atomic E-state index is 0.0195. The number of hydrogen-bond acceptors (Lipinski definition) is 5. The van der Waals surface area contributed by atoms with Crippen LogP contribution in [0.5, 0.6) is 11.5 Å². The minimum Gasteiger partial charge on any atom is -0.490 e. The SMILES string of the molecule is CCOc1cc(/C=C(/C#N)c2ccc([N+](=O)[O-])cc2)cc(Br)c1O[C@H](C)CC. The number of halogens is 1. The van der Waals surface area contributed by atoms with Crippen molar-refractivity contribution in [2.75, 3.05) is 6.61 Å². The molecule has 0 unspecified atom stereocenters. The van der Waals surface area contributed by atoms with Gasteiger partial charge in [-0.2, -0.15) is 5.26 Å². The number of allylic oxidation sites excluding steroid dienone is 1. The monoisotopic (exact) mass is 444 g/mol. The Labute approximate surface area is 172 Å². The topological polar surface area (TPSA) is 85.4 Å². The maximum absolute atomic E-state index is 10.8. The second kappa shape index (κ2) is 9.90. The number of rotatable bonds is 8. The van der Waals surface area contributed by atoms with Crippen LogP contribution < -0.4 is 9.47 Å². The molecule has 0 fully saturated rings. The van der Waals surface area contributed by atoms with Crippen LogP contribution in [-0.4, -0.2) is 17.6 Å². The molecule has 0 saturated carbocycles. The zero-order valence-electron chi connectivity index (χ0n) is 15.9. The summed E-state index contributed by atoms with van der Waals surface area (Å²) in [6.07, 6.45) is 2.60. The number of nitro groups is 1. The summed E-state index contributed by atoms with van der Waals surface area (Å²) in [5.74, 6) is 1.21. The van der Waals surface area contributed by atoms with E-state index in [1.54, 1.807) is 18.2 Å². The Hall–Kier alpha value is -2.85. The van der Waals surface area contributed by atoms with Crippen molar-refractivity contribution in [3.05, 3.63) is 62.1 Å². The van der Waals surface area contributed by atoms with E-state index in [1.807, 2.05) is 32.9 Å². The number of hydrogen-bond donors (Lipinski definition) is 0. The molecule has 0 bridgehead atoms. The third kappa shape index (κ3) is 5.33. The summed E-state index contributed by atoms with van der Waals surface area (Å²) in [4.78, 5) is 10.3. The van der Waals surface area contributed by atoms with Gasteiger partial charge in [-0.3, -0.25) is 10.1 Å². The Bertz CT molecular complexity index is 917. The molecule has 0 aliphatic rings. The van der Waals surface area contributed by atoms with Crippen molar-refractivity contribution in [2.24, 2.45) is 0 Å². The van der Waals surface area contributed by atoms with E-state index >= 15 is 0 Å². The number of nitriles is 1. The fourth-order valence-corrected chi connectivity index (χ4v) is 3.00. The lowest BCUT2D eigenvalue weighted by Gasteiger charge is -2.18. The van der Waals surface area contributed by atoms with Gasteiger partial charge < -0.3 is 9.47 Å². The van der Waals surface area contributed by atoms with Crippen molar-refractivity contribution in [2.45, 2.75) is 33.3 Å². The van der Waals surface area contributed by atoms with E-state index in [-0.39, 0.29) is 11.8 Å². The molecule has 2 rings (SSSR count). The van der Waals surface area contributed by atoms with Crippen LogP contribution in [0.3, 0.4) is 0 Å². The zero-order chi connectivity index (χ0) is 20.7. The van der Waals surface area contributed by atoms with Gasteiger partial charge in [0.05, 0.1) is 33.7 Å². The highest BCUT2D eigenvalue weighted by atomic mass is 79.9. The van der Waals surface area contributed by atoms with E-state index in [0.717, 1.165) is 16.5 Å². The van der Waals surface area contributed by atoms with Crippen molar-refractivity contribution in [1.29, 1.82) is 5.26 Å². The summed E-state index contributed by atoms with van der Waals surface area (Å²) < 4.78 is 12.4. The van der Waals surface area contributed by atoms with Gasteiger partial charge in [0.1, 0.15) is 0 Å². The van der Waals surface area contributed by atoms with Crippen molar-refractivity contribution < 1.29 is 14.4 Å². The second-order valence-corrected chi connectivity index (χ2v) is 6.93. The molecule has 6 nitrogen and oxygen atoms in total.